The number of nitrogens with zero attached hydrogens (tertiary/aromatic N) is 1. The molecule has 1 aromatic heterocycles. The number of nitriles is 1. The fourth-order valence-electron chi connectivity index (χ4n) is 3.00. The number of anilines is 1. The predicted molar refractivity (Wildman–Crippen MR) is 95.8 cm³/mol. The number of ether oxygens (including phenoxy) is 1. The normalized spacial score (nSPS) is 16.1. The van der Waals surface area contributed by atoms with Crippen LogP contribution in [0, 0.1) is 17.2 Å². The molecule has 1 aliphatic carbocycles. The molecule has 0 radical (unpaired) electrons. The Labute approximate surface area is 146 Å². The Morgan fingerprint density at radius 3 is 2.83 bits per heavy atom. The maximum absolute atomic E-state index is 12.5. The van der Waals surface area contributed by atoms with Gasteiger partial charge in [0.2, 0.25) is 0 Å². The van der Waals surface area contributed by atoms with Crippen molar-refractivity contribution in [2.24, 2.45) is 5.92 Å². The van der Waals surface area contributed by atoms with E-state index in [4.69, 9.17) is 4.74 Å². The average molecular weight is 340 g/mol. The van der Waals surface area contributed by atoms with E-state index in [0.29, 0.717) is 28.7 Å². The zero-order valence-corrected chi connectivity index (χ0v) is 14.7. The number of nitrogens with one attached hydrogen (secondary N) is 1. The highest BCUT2D eigenvalue weighted by atomic mass is 32.1. The van der Waals surface area contributed by atoms with E-state index in [1.807, 2.05) is 6.92 Å². The number of fused-ring (bicyclic) bond motifs is 1. The number of amides is 1. The highest BCUT2D eigenvalue weighted by molar-refractivity contribution is 7.16. The van der Waals surface area contributed by atoms with Crippen molar-refractivity contribution >= 4 is 22.2 Å². The van der Waals surface area contributed by atoms with Gasteiger partial charge < -0.3 is 10.1 Å². The maximum atomic E-state index is 12.5. The van der Waals surface area contributed by atoms with E-state index in [1.54, 1.807) is 35.6 Å². The van der Waals surface area contributed by atoms with Crippen LogP contribution in [0.1, 0.15) is 46.6 Å². The molecule has 1 amide bonds. The molecule has 1 N–H and O–H groups in total. The molecular weight excluding hydrogens is 320 g/mol. The van der Waals surface area contributed by atoms with Gasteiger partial charge in [-0.3, -0.25) is 4.79 Å². The van der Waals surface area contributed by atoms with Gasteiger partial charge >= 0.3 is 0 Å². The highest BCUT2D eigenvalue weighted by Crippen LogP contribution is 2.39. The third-order valence-electron chi connectivity index (χ3n) is 4.28. The van der Waals surface area contributed by atoms with Gasteiger partial charge in [-0.1, -0.05) is 6.92 Å². The van der Waals surface area contributed by atoms with Gasteiger partial charge in [0.05, 0.1) is 12.2 Å². The average Bonchev–Trinajstić information content (AvgIpc) is 2.91. The number of carbonyl (C=O) groups is 1. The summed E-state index contributed by atoms with van der Waals surface area (Å²) in [6.07, 6.45) is 3.02. The van der Waals surface area contributed by atoms with E-state index in [1.165, 1.54) is 4.88 Å². The van der Waals surface area contributed by atoms with E-state index >= 15 is 0 Å². The van der Waals surface area contributed by atoms with Crippen LogP contribution < -0.4 is 10.1 Å². The number of thiophene rings is 1. The molecule has 0 saturated heterocycles. The molecule has 0 bridgehead atoms. The minimum atomic E-state index is -0.193. The molecule has 3 rings (SSSR count). The first-order chi connectivity index (χ1) is 11.6. The molecule has 1 aliphatic rings. The minimum absolute atomic E-state index is 0.193. The summed E-state index contributed by atoms with van der Waals surface area (Å²) >= 11 is 1.55. The summed E-state index contributed by atoms with van der Waals surface area (Å²) in [7, 11) is 0. The number of benzene rings is 1. The maximum Gasteiger partial charge on any atom is 0.256 e. The largest absolute Gasteiger partial charge is 0.494 e. The van der Waals surface area contributed by atoms with Gasteiger partial charge in [-0.25, -0.2) is 0 Å². The smallest absolute Gasteiger partial charge is 0.256 e. The molecule has 24 heavy (non-hydrogen) atoms. The fraction of sp³-hybridized carbons (Fsp3) is 0.368. The summed E-state index contributed by atoms with van der Waals surface area (Å²) in [5, 5.41) is 13.1. The van der Waals surface area contributed by atoms with E-state index in [0.717, 1.165) is 30.6 Å². The predicted octanol–water partition coefficient (Wildman–Crippen LogP) is 4.40. The van der Waals surface area contributed by atoms with E-state index in [-0.39, 0.29) is 5.91 Å². The fourth-order valence-corrected chi connectivity index (χ4v) is 4.36. The molecule has 1 heterocycles. The van der Waals surface area contributed by atoms with Gasteiger partial charge in [-0.15, -0.1) is 11.3 Å². The van der Waals surface area contributed by atoms with Crippen LogP contribution in [0.15, 0.2) is 24.3 Å². The Hall–Kier alpha value is -2.32. The minimum Gasteiger partial charge on any atom is -0.494 e. The quantitative estimate of drug-likeness (QED) is 0.897. The lowest BCUT2D eigenvalue weighted by Crippen LogP contribution is -2.12. The third-order valence-corrected chi connectivity index (χ3v) is 5.45. The number of carbonyl (C=O) groups excluding carboxylic acids is 1. The topological polar surface area (TPSA) is 62.1 Å². The molecule has 1 atom stereocenters. The highest BCUT2D eigenvalue weighted by Gasteiger charge is 2.24. The second-order valence-electron chi connectivity index (χ2n) is 6.08. The molecule has 5 heteroatoms. The van der Waals surface area contributed by atoms with Crippen LogP contribution in [-0.2, 0) is 12.8 Å². The van der Waals surface area contributed by atoms with Crippen molar-refractivity contribution in [2.45, 2.75) is 33.1 Å². The van der Waals surface area contributed by atoms with E-state index in [9.17, 15) is 10.1 Å². The second-order valence-corrected chi connectivity index (χ2v) is 7.18. The standard InChI is InChI=1S/C19H20N2O2S/c1-3-23-14-7-5-13(6-8-14)18(22)21-19-16(11-20)15-9-4-12(2)10-17(15)24-19/h5-8,12H,3-4,9-10H2,1-2H3,(H,21,22)/t12-/m1/s1. The lowest BCUT2D eigenvalue weighted by atomic mass is 9.88. The lowest BCUT2D eigenvalue weighted by Gasteiger charge is -2.17. The Kier molecular flexibility index (Phi) is 4.86. The van der Waals surface area contributed by atoms with Crippen molar-refractivity contribution < 1.29 is 9.53 Å². The van der Waals surface area contributed by atoms with E-state index < -0.39 is 0 Å². The Balaban J connectivity index is 1.80. The number of rotatable bonds is 4. The first kappa shape index (κ1) is 16.5. The van der Waals surface area contributed by atoms with Crippen molar-refractivity contribution in [3.63, 3.8) is 0 Å². The number of hydrogen-bond acceptors (Lipinski definition) is 4. The third kappa shape index (κ3) is 3.29. The molecule has 0 saturated carbocycles. The van der Waals surface area contributed by atoms with Crippen LogP contribution in [0.25, 0.3) is 0 Å². The summed E-state index contributed by atoms with van der Waals surface area (Å²) in [5.74, 6) is 1.19. The molecule has 124 valence electrons. The van der Waals surface area contributed by atoms with Crippen LogP contribution in [0.2, 0.25) is 0 Å². The van der Waals surface area contributed by atoms with Crippen molar-refractivity contribution in [1.82, 2.24) is 0 Å². The Morgan fingerprint density at radius 2 is 2.17 bits per heavy atom. The zero-order chi connectivity index (χ0) is 17.1. The molecule has 1 aromatic carbocycles. The van der Waals surface area contributed by atoms with Gasteiger partial charge in [-0.05, 0) is 61.9 Å². The zero-order valence-electron chi connectivity index (χ0n) is 13.9. The first-order valence-electron chi connectivity index (χ1n) is 8.21. The van der Waals surface area contributed by atoms with Crippen LogP contribution in [0.3, 0.4) is 0 Å². The van der Waals surface area contributed by atoms with Gasteiger partial charge in [0.1, 0.15) is 16.8 Å². The molecular formula is C19H20N2O2S. The summed E-state index contributed by atoms with van der Waals surface area (Å²) < 4.78 is 5.39. The van der Waals surface area contributed by atoms with Crippen LogP contribution in [0.5, 0.6) is 5.75 Å². The molecule has 0 aliphatic heterocycles. The Bertz CT molecular complexity index is 787. The summed E-state index contributed by atoms with van der Waals surface area (Å²) in [5.41, 5.74) is 2.32. The molecule has 0 fully saturated rings. The first-order valence-corrected chi connectivity index (χ1v) is 9.02. The van der Waals surface area contributed by atoms with E-state index in [2.05, 4.69) is 18.3 Å². The second kappa shape index (κ2) is 7.06. The van der Waals surface area contributed by atoms with Gasteiger partial charge in [0, 0.05) is 10.4 Å². The van der Waals surface area contributed by atoms with Crippen LogP contribution >= 0.6 is 11.3 Å². The summed E-state index contributed by atoms with van der Waals surface area (Å²) in [4.78, 5) is 13.7. The van der Waals surface area contributed by atoms with Gasteiger partial charge in [0.25, 0.3) is 5.91 Å². The molecule has 0 unspecified atom stereocenters. The Morgan fingerprint density at radius 1 is 1.42 bits per heavy atom. The van der Waals surface area contributed by atoms with Crippen LogP contribution in [0.4, 0.5) is 5.00 Å². The summed E-state index contributed by atoms with van der Waals surface area (Å²) in [6, 6.07) is 9.32. The summed E-state index contributed by atoms with van der Waals surface area (Å²) in [6.45, 7) is 4.74. The van der Waals surface area contributed by atoms with Crippen LogP contribution in [-0.4, -0.2) is 12.5 Å². The monoisotopic (exact) mass is 340 g/mol. The van der Waals surface area contributed by atoms with Gasteiger partial charge in [-0.2, -0.15) is 5.26 Å². The van der Waals surface area contributed by atoms with Gasteiger partial charge in [0.15, 0.2) is 0 Å². The van der Waals surface area contributed by atoms with Crippen molar-refractivity contribution in [3.8, 4) is 11.8 Å². The van der Waals surface area contributed by atoms with Crippen molar-refractivity contribution in [2.75, 3.05) is 11.9 Å². The van der Waals surface area contributed by atoms with Crippen molar-refractivity contribution in [3.05, 3.63) is 45.8 Å². The number of hydrogen-bond donors (Lipinski definition) is 1. The SMILES string of the molecule is CCOc1ccc(C(=O)Nc2sc3c(c2C#N)CC[C@@H](C)C3)cc1. The molecule has 4 nitrogen and oxygen atoms in total. The lowest BCUT2D eigenvalue weighted by molar-refractivity contribution is 0.102. The molecule has 0 spiro atoms. The molecule has 2 aromatic rings. The van der Waals surface area contributed by atoms with Crippen molar-refractivity contribution in [1.29, 1.82) is 5.26 Å².